The van der Waals surface area contributed by atoms with Crippen LogP contribution in [0.1, 0.15) is 38.3 Å². The number of hydrogen-bond acceptors (Lipinski definition) is 4. The summed E-state index contributed by atoms with van der Waals surface area (Å²) >= 11 is 0. The van der Waals surface area contributed by atoms with Crippen molar-refractivity contribution >= 4 is 16.9 Å². The molecule has 0 aliphatic carbocycles. The van der Waals surface area contributed by atoms with E-state index in [4.69, 9.17) is 9.15 Å². The van der Waals surface area contributed by atoms with E-state index >= 15 is 0 Å². The van der Waals surface area contributed by atoms with E-state index in [1.165, 1.54) is 0 Å². The lowest BCUT2D eigenvalue weighted by molar-refractivity contribution is -0.134. The van der Waals surface area contributed by atoms with Crippen LogP contribution in [0.4, 0.5) is 0 Å². The third-order valence-electron chi connectivity index (χ3n) is 3.39. The quantitative estimate of drug-likeness (QED) is 0.490. The Morgan fingerprint density at radius 1 is 1.33 bits per heavy atom. The minimum absolute atomic E-state index is 0.300. The fraction of sp³-hybridized carbons (Fsp3) is 0.412. The molecule has 1 aromatic carbocycles. The summed E-state index contributed by atoms with van der Waals surface area (Å²) in [4.78, 5) is 23.4. The van der Waals surface area contributed by atoms with Gasteiger partial charge in [0.05, 0.1) is 0 Å². The molecule has 112 valence electrons. The molecule has 0 amide bonds. The fourth-order valence-corrected chi connectivity index (χ4v) is 2.29. The molecule has 0 spiro atoms. The van der Waals surface area contributed by atoms with E-state index in [9.17, 15) is 9.59 Å². The predicted molar refractivity (Wildman–Crippen MR) is 81.7 cm³/mol. The number of aryl methyl sites for hydroxylation is 1. The van der Waals surface area contributed by atoms with E-state index in [-0.39, 0.29) is 11.6 Å². The van der Waals surface area contributed by atoms with E-state index < -0.39 is 0 Å². The van der Waals surface area contributed by atoms with Crippen LogP contribution in [-0.4, -0.2) is 5.97 Å². The monoisotopic (exact) mass is 288 g/mol. The normalized spacial score (nSPS) is 11.1. The number of ether oxygens (including phenoxy) is 1. The molecule has 1 aromatic heterocycles. The highest BCUT2D eigenvalue weighted by molar-refractivity contribution is 5.83. The first-order valence-electron chi connectivity index (χ1n) is 7.19. The number of carbonyl (C=O) groups is 1. The first-order valence-corrected chi connectivity index (χ1v) is 7.19. The molecule has 4 nitrogen and oxygen atoms in total. The van der Waals surface area contributed by atoms with Crippen molar-refractivity contribution in [1.29, 1.82) is 0 Å². The highest BCUT2D eigenvalue weighted by Gasteiger charge is 2.13. The van der Waals surface area contributed by atoms with E-state index in [1.807, 2.05) is 13.0 Å². The van der Waals surface area contributed by atoms with Crippen molar-refractivity contribution in [3.63, 3.8) is 0 Å². The molecule has 21 heavy (non-hydrogen) atoms. The minimum Gasteiger partial charge on any atom is -0.426 e. The summed E-state index contributed by atoms with van der Waals surface area (Å²) < 4.78 is 10.5. The molecule has 4 heteroatoms. The summed E-state index contributed by atoms with van der Waals surface area (Å²) in [5.74, 6) is 0.465. The van der Waals surface area contributed by atoms with Crippen LogP contribution in [0.25, 0.3) is 11.0 Å². The van der Waals surface area contributed by atoms with Gasteiger partial charge in [0.1, 0.15) is 11.3 Å². The van der Waals surface area contributed by atoms with Gasteiger partial charge in [-0.1, -0.05) is 20.8 Å². The van der Waals surface area contributed by atoms with Gasteiger partial charge in [-0.05, 0) is 37.0 Å². The summed E-state index contributed by atoms with van der Waals surface area (Å²) in [6.07, 6.45) is 0.991. The van der Waals surface area contributed by atoms with Crippen LogP contribution >= 0.6 is 0 Å². The maximum atomic E-state index is 12.1. The Balaban J connectivity index is 2.51. The molecule has 0 saturated heterocycles. The van der Waals surface area contributed by atoms with Crippen LogP contribution in [0.3, 0.4) is 0 Å². The van der Waals surface area contributed by atoms with E-state index in [0.717, 1.165) is 16.5 Å². The average molecular weight is 288 g/mol. The van der Waals surface area contributed by atoms with Gasteiger partial charge < -0.3 is 9.15 Å². The van der Waals surface area contributed by atoms with Crippen molar-refractivity contribution in [3.05, 3.63) is 39.7 Å². The van der Waals surface area contributed by atoms with Gasteiger partial charge in [-0.3, -0.25) is 4.79 Å². The van der Waals surface area contributed by atoms with Gasteiger partial charge in [-0.25, -0.2) is 4.79 Å². The van der Waals surface area contributed by atoms with Crippen molar-refractivity contribution in [2.75, 3.05) is 0 Å². The topological polar surface area (TPSA) is 56.5 Å². The number of hydrogen-bond donors (Lipinski definition) is 0. The maximum absolute atomic E-state index is 12.1. The van der Waals surface area contributed by atoms with E-state index in [0.29, 0.717) is 30.1 Å². The van der Waals surface area contributed by atoms with Crippen LogP contribution in [0.2, 0.25) is 0 Å². The van der Waals surface area contributed by atoms with Gasteiger partial charge in [0.15, 0.2) is 0 Å². The van der Waals surface area contributed by atoms with Crippen LogP contribution < -0.4 is 10.4 Å². The Bertz CT molecular complexity index is 725. The molecule has 0 aliphatic heterocycles. The molecule has 0 radical (unpaired) electrons. The molecule has 2 rings (SSSR count). The first-order chi connectivity index (χ1) is 9.92. The lowest BCUT2D eigenvalue weighted by Crippen LogP contribution is -2.13. The first kappa shape index (κ1) is 15.3. The molecule has 0 aliphatic rings. The van der Waals surface area contributed by atoms with Gasteiger partial charge in [0.25, 0.3) is 0 Å². The summed E-state index contributed by atoms with van der Waals surface area (Å²) in [5.41, 5.74) is 1.79. The molecule has 2 aromatic rings. The van der Waals surface area contributed by atoms with Crippen LogP contribution in [0.15, 0.2) is 27.4 Å². The van der Waals surface area contributed by atoms with Gasteiger partial charge in [0, 0.05) is 23.4 Å². The summed E-state index contributed by atoms with van der Waals surface area (Å²) in [5, 5.41) is 0.876. The maximum Gasteiger partial charge on any atom is 0.339 e. The Morgan fingerprint density at radius 3 is 2.67 bits per heavy atom. The van der Waals surface area contributed by atoms with Crippen molar-refractivity contribution in [2.45, 2.75) is 40.5 Å². The van der Waals surface area contributed by atoms with Crippen molar-refractivity contribution < 1.29 is 13.9 Å². The zero-order valence-electron chi connectivity index (χ0n) is 12.9. The molecule has 0 N–H and O–H groups in total. The molecular formula is C17H20O4. The Hall–Kier alpha value is -2.10. The molecule has 0 unspecified atom stereocenters. The molecule has 0 saturated carbocycles. The second-order valence-electron chi connectivity index (χ2n) is 5.58. The smallest absolute Gasteiger partial charge is 0.339 e. The number of esters is 1. The molecule has 1 heterocycles. The standard InChI is InChI=1S/C17H20O4/c1-5-16(18)20-12-6-7-13-11(4)14(8-10(2)3)17(19)21-15(13)9-12/h6-7,9-10H,5,8H2,1-4H3. The predicted octanol–water partition coefficient (Wildman–Crippen LogP) is 3.62. The SMILES string of the molecule is CCC(=O)Oc1ccc2c(C)c(CC(C)C)c(=O)oc2c1. The van der Waals surface area contributed by atoms with Crippen molar-refractivity contribution in [3.8, 4) is 5.75 Å². The van der Waals surface area contributed by atoms with Crippen LogP contribution in [0, 0.1) is 12.8 Å². The second-order valence-corrected chi connectivity index (χ2v) is 5.58. The number of carbonyl (C=O) groups excluding carboxylic acids is 1. The summed E-state index contributed by atoms with van der Waals surface area (Å²) in [6.45, 7) is 7.79. The summed E-state index contributed by atoms with van der Waals surface area (Å²) in [7, 11) is 0. The third kappa shape index (κ3) is 3.32. The largest absolute Gasteiger partial charge is 0.426 e. The molecular weight excluding hydrogens is 268 g/mol. The number of rotatable bonds is 4. The molecule has 0 atom stereocenters. The average Bonchev–Trinajstić information content (AvgIpc) is 2.42. The second kappa shape index (κ2) is 6.12. The van der Waals surface area contributed by atoms with Gasteiger partial charge >= 0.3 is 11.6 Å². The van der Waals surface area contributed by atoms with E-state index in [1.54, 1.807) is 19.1 Å². The zero-order valence-corrected chi connectivity index (χ0v) is 12.9. The highest BCUT2D eigenvalue weighted by atomic mass is 16.5. The zero-order chi connectivity index (χ0) is 15.6. The Kier molecular flexibility index (Phi) is 4.46. The fourth-order valence-electron chi connectivity index (χ4n) is 2.29. The highest BCUT2D eigenvalue weighted by Crippen LogP contribution is 2.25. The third-order valence-corrected chi connectivity index (χ3v) is 3.39. The lowest BCUT2D eigenvalue weighted by atomic mass is 9.98. The minimum atomic E-state index is -0.315. The Morgan fingerprint density at radius 2 is 2.05 bits per heavy atom. The van der Waals surface area contributed by atoms with E-state index in [2.05, 4.69) is 13.8 Å². The number of benzene rings is 1. The summed E-state index contributed by atoms with van der Waals surface area (Å²) in [6, 6.07) is 5.15. The van der Waals surface area contributed by atoms with Crippen molar-refractivity contribution in [1.82, 2.24) is 0 Å². The lowest BCUT2D eigenvalue weighted by Gasteiger charge is -2.10. The van der Waals surface area contributed by atoms with Gasteiger partial charge in [-0.15, -0.1) is 0 Å². The van der Waals surface area contributed by atoms with Crippen molar-refractivity contribution in [2.24, 2.45) is 5.92 Å². The Labute approximate surface area is 123 Å². The molecule has 0 bridgehead atoms. The van der Waals surface area contributed by atoms with Crippen LogP contribution in [-0.2, 0) is 11.2 Å². The number of fused-ring (bicyclic) bond motifs is 1. The van der Waals surface area contributed by atoms with Crippen LogP contribution in [0.5, 0.6) is 5.75 Å². The van der Waals surface area contributed by atoms with Gasteiger partial charge in [0.2, 0.25) is 0 Å². The van der Waals surface area contributed by atoms with Gasteiger partial charge in [-0.2, -0.15) is 0 Å². The molecule has 0 fully saturated rings.